The average molecular weight is 433 g/mol. The summed E-state index contributed by atoms with van der Waals surface area (Å²) in [5.41, 5.74) is 2.31. The Balaban J connectivity index is 1.98. The van der Waals surface area contributed by atoms with Crippen LogP contribution in [0.15, 0.2) is 48.5 Å². The van der Waals surface area contributed by atoms with Crippen LogP contribution < -0.4 is 10.6 Å². The van der Waals surface area contributed by atoms with Crippen LogP contribution in [-0.2, 0) is 9.53 Å². The lowest BCUT2D eigenvalue weighted by molar-refractivity contribution is -0.118. The van der Waals surface area contributed by atoms with Crippen LogP contribution in [0.2, 0.25) is 10.0 Å². The fourth-order valence-corrected chi connectivity index (χ4v) is 3.42. The van der Waals surface area contributed by atoms with Gasteiger partial charge in [0, 0.05) is 33.4 Å². The Labute approximate surface area is 180 Å². The first kappa shape index (κ1) is 21.2. The Morgan fingerprint density at radius 2 is 1.86 bits per heavy atom. The molecule has 2 aromatic rings. The van der Waals surface area contributed by atoms with Gasteiger partial charge in [0.15, 0.2) is 0 Å². The molecule has 29 heavy (non-hydrogen) atoms. The van der Waals surface area contributed by atoms with Crippen LogP contribution in [-0.4, -0.2) is 24.1 Å². The third kappa shape index (κ3) is 5.31. The van der Waals surface area contributed by atoms with Gasteiger partial charge >= 0.3 is 6.09 Å². The number of nitrogens with one attached hydrogen (secondary N) is 2. The second-order valence-electron chi connectivity index (χ2n) is 7.73. The Hall–Kier alpha value is -2.50. The first-order valence-electron chi connectivity index (χ1n) is 9.18. The number of hydrogen-bond donors (Lipinski definition) is 2. The number of halogens is 2. The van der Waals surface area contributed by atoms with Gasteiger partial charge in [0.1, 0.15) is 5.60 Å². The molecule has 2 amide bonds. The molecule has 1 heterocycles. The minimum absolute atomic E-state index is 0.0798. The van der Waals surface area contributed by atoms with Gasteiger partial charge in [0.2, 0.25) is 5.91 Å². The lowest BCUT2D eigenvalue weighted by Crippen LogP contribution is -2.37. The van der Waals surface area contributed by atoms with Gasteiger partial charge in [0.25, 0.3) is 0 Å². The van der Waals surface area contributed by atoms with Gasteiger partial charge < -0.3 is 15.4 Å². The molecule has 1 unspecified atom stereocenters. The molecule has 1 atom stereocenters. The van der Waals surface area contributed by atoms with Crippen LogP contribution in [0.4, 0.5) is 10.5 Å². The first-order valence-corrected chi connectivity index (χ1v) is 9.94. The molecule has 152 valence electrons. The van der Waals surface area contributed by atoms with Crippen molar-refractivity contribution in [1.29, 1.82) is 0 Å². The van der Waals surface area contributed by atoms with Crippen LogP contribution in [0, 0.1) is 5.92 Å². The van der Waals surface area contributed by atoms with Crippen molar-refractivity contribution >= 4 is 46.5 Å². The quantitative estimate of drug-likeness (QED) is 0.670. The van der Waals surface area contributed by atoms with Crippen LogP contribution in [0.5, 0.6) is 0 Å². The largest absolute Gasteiger partial charge is 0.444 e. The highest BCUT2D eigenvalue weighted by Crippen LogP contribution is 2.37. The lowest BCUT2D eigenvalue weighted by atomic mass is 9.94. The highest BCUT2D eigenvalue weighted by atomic mass is 35.5. The van der Waals surface area contributed by atoms with Crippen molar-refractivity contribution in [2.75, 3.05) is 11.9 Å². The summed E-state index contributed by atoms with van der Waals surface area (Å²) in [5.74, 6) is -0.869. The summed E-state index contributed by atoms with van der Waals surface area (Å²) in [7, 11) is 0. The van der Waals surface area contributed by atoms with E-state index >= 15 is 0 Å². The highest BCUT2D eigenvalue weighted by Gasteiger charge is 2.26. The number of hydrogen-bond acceptors (Lipinski definition) is 3. The molecule has 0 radical (unpaired) electrons. The van der Waals surface area contributed by atoms with Gasteiger partial charge in [0.05, 0.1) is 5.92 Å². The Morgan fingerprint density at radius 1 is 1.14 bits per heavy atom. The van der Waals surface area contributed by atoms with Gasteiger partial charge in [-0.05, 0) is 50.6 Å². The van der Waals surface area contributed by atoms with Crippen molar-refractivity contribution in [2.45, 2.75) is 26.4 Å². The molecule has 0 saturated heterocycles. The zero-order valence-electron chi connectivity index (χ0n) is 16.4. The first-order chi connectivity index (χ1) is 13.6. The van der Waals surface area contributed by atoms with Crippen molar-refractivity contribution in [1.82, 2.24) is 5.32 Å². The van der Waals surface area contributed by atoms with Gasteiger partial charge in [-0.1, -0.05) is 47.5 Å². The molecule has 0 aromatic heterocycles. The number of anilines is 1. The molecule has 5 nitrogen and oxygen atoms in total. The standard InChI is InChI=1S/C22H22Cl2N2O3/c1-22(2,3)29-21(28)25-12-13-10-16(15-6-4-5-7-18(15)24)17-11-14(23)8-9-19(17)26-20(13)27/h4-11,13H,12H2,1-3H3,(H,25,28)(H,26,27). The Bertz CT molecular complexity index is 980. The van der Waals surface area contributed by atoms with E-state index in [1.807, 2.05) is 18.2 Å². The van der Waals surface area contributed by atoms with E-state index in [4.69, 9.17) is 27.9 Å². The van der Waals surface area contributed by atoms with Gasteiger partial charge in [-0.3, -0.25) is 4.79 Å². The Morgan fingerprint density at radius 3 is 2.55 bits per heavy atom. The molecule has 7 heteroatoms. The van der Waals surface area contributed by atoms with Crippen LogP contribution >= 0.6 is 23.2 Å². The molecule has 1 aliphatic heterocycles. The summed E-state index contributed by atoms with van der Waals surface area (Å²) < 4.78 is 5.26. The number of carbonyl (C=O) groups excluding carboxylic acids is 2. The summed E-state index contributed by atoms with van der Waals surface area (Å²) >= 11 is 12.6. The molecule has 2 N–H and O–H groups in total. The second kappa shape index (κ2) is 8.47. The lowest BCUT2D eigenvalue weighted by Gasteiger charge is -2.20. The predicted molar refractivity (Wildman–Crippen MR) is 116 cm³/mol. The molecular formula is C22H22Cl2N2O3. The fraction of sp³-hybridized carbons (Fsp3) is 0.273. The SMILES string of the molecule is CC(C)(C)OC(=O)NCC1C=C(c2ccccc2Cl)c2cc(Cl)ccc2NC1=O. The molecule has 0 saturated carbocycles. The van der Waals surface area contributed by atoms with E-state index in [9.17, 15) is 9.59 Å². The minimum Gasteiger partial charge on any atom is -0.444 e. The van der Waals surface area contributed by atoms with Gasteiger partial charge in [-0.25, -0.2) is 4.79 Å². The molecule has 0 fully saturated rings. The number of fused-ring (bicyclic) bond motifs is 1. The second-order valence-corrected chi connectivity index (χ2v) is 8.57. The predicted octanol–water partition coefficient (Wildman–Crippen LogP) is 5.52. The van der Waals surface area contributed by atoms with Gasteiger partial charge in [-0.15, -0.1) is 0 Å². The zero-order chi connectivity index (χ0) is 21.2. The van der Waals surface area contributed by atoms with E-state index in [1.165, 1.54) is 0 Å². The molecule has 1 aliphatic rings. The number of benzene rings is 2. The van der Waals surface area contributed by atoms with Gasteiger partial charge in [-0.2, -0.15) is 0 Å². The topological polar surface area (TPSA) is 67.4 Å². The smallest absolute Gasteiger partial charge is 0.407 e. The number of amides is 2. The monoisotopic (exact) mass is 432 g/mol. The maximum Gasteiger partial charge on any atom is 0.407 e. The highest BCUT2D eigenvalue weighted by molar-refractivity contribution is 6.33. The summed E-state index contributed by atoms with van der Waals surface area (Å²) in [5, 5.41) is 6.67. The van der Waals surface area contributed by atoms with E-state index in [1.54, 1.807) is 51.1 Å². The normalized spacial score (nSPS) is 16.2. The van der Waals surface area contributed by atoms with E-state index in [-0.39, 0.29) is 12.5 Å². The van der Waals surface area contributed by atoms with Crippen molar-refractivity contribution in [3.63, 3.8) is 0 Å². The maximum absolute atomic E-state index is 12.8. The molecule has 2 aromatic carbocycles. The van der Waals surface area contributed by atoms with Crippen LogP contribution in [0.1, 0.15) is 31.9 Å². The molecule has 0 spiro atoms. The maximum atomic E-state index is 12.8. The van der Waals surface area contributed by atoms with E-state index in [2.05, 4.69) is 10.6 Å². The van der Waals surface area contributed by atoms with E-state index in [0.717, 1.165) is 16.7 Å². The van der Waals surface area contributed by atoms with Crippen molar-refractivity contribution < 1.29 is 14.3 Å². The number of ether oxygens (including phenoxy) is 1. The van der Waals surface area contributed by atoms with Crippen molar-refractivity contribution in [3.05, 3.63) is 69.7 Å². The zero-order valence-corrected chi connectivity index (χ0v) is 17.9. The molecule has 3 rings (SSSR count). The van der Waals surface area contributed by atoms with Crippen molar-refractivity contribution in [2.24, 2.45) is 5.92 Å². The number of alkyl carbamates (subject to hydrolysis) is 1. The summed E-state index contributed by atoms with van der Waals surface area (Å²) in [6.07, 6.45) is 1.22. The average Bonchev–Trinajstić information content (AvgIpc) is 2.75. The van der Waals surface area contributed by atoms with Crippen molar-refractivity contribution in [3.8, 4) is 0 Å². The van der Waals surface area contributed by atoms with E-state index < -0.39 is 17.6 Å². The summed E-state index contributed by atoms with van der Waals surface area (Å²) in [4.78, 5) is 24.8. The third-order valence-corrected chi connectivity index (χ3v) is 4.83. The molecular weight excluding hydrogens is 411 g/mol. The van der Waals surface area contributed by atoms with E-state index in [0.29, 0.717) is 15.7 Å². The summed E-state index contributed by atoms with van der Waals surface area (Å²) in [6.45, 7) is 5.42. The van der Waals surface area contributed by atoms with Crippen LogP contribution in [0.3, 0.4) is 0 Å². The number of carbonyl (C=O) groups is 2. The number of rotatable bonds is 3. The Kier molecular flexibility index (Phi) is 6.20. The molecule has 0 bridgehead atoms. The van der Waals surface area contributed by atoms with Crippen LogP contribution in [0.25, 0.3) is 5.57 Å². The summed E-state index contributed by atoms with van der Waals surface area (Å²) in [6, 6.07) is 12.6. The molecule has 0 aliphatic carbocycles. The minimum atomic E-state index is -0.625. The fourth-order valence-electron chi connectivity index (χ4n) is 3.01. The third-order valence-electron chi connectivity index (χ3n) is 4.26.